The van der Waals surface area contributed by atoms with Gasteiger partial charge in [0.05, 0.1) is 49.8 Å². The van der Waals surface area contributed by atoms with Crippen molar-refractivity contribution in [2.24, 2.45) is 11.5 Å². The quantitative estimate of drug-likeness (QED) is 0.0469. The smallest absolute Gasteiger partial charge is 0.237 e. The van der Waals surface area contributed by atoms with Crippen LogP contribution in [0.4, 0.5) is 0 Å². The first kappa shape index (κ1) is 36.1. The number of amides is 2. The summed E-state index contributed by atoms with van der Waals surface area (Å²) in [4.78, 5) is 74.1. The van der Waals surface area contributed by atoms with E-state index in [9.17, 15) is 33.9 Å². The summed E-state index contributed by atoms with van der Waals surface area (Å²) in [6.45, 7) is 0.765. The van der Waals surface area contributed by atoms with E-state index in [1.165, 1.54) is 6.92 Å². The standard InChI is InChI=1S/C31H42N6O7/c1-20(27(40)16-28(41)26(37-36-23(18-38)19-39)15-22-10-6-3-7-11-22)34-17-29(42)25(14-21-8-4-2-5-9-21)35-31(44)24(32)12-13-30(33)43/h2-11,18,20,23-26,34,36-37,39H,12-17,19,32H2,1H3,(H2,33,43)(H,35,44)/t20-,23+,24-,25-,26-/m0/s1. The average Bonchev–Trinajstić information content (AvgIpc) is 3.02. The van der Waals surface area contributed by atoms with E-state index in [0.29, 0.717) is 6.29 Å². The summed E-state index contributed by atoms with van der Waals surface area (Å²) >= 11 is 0. The van der Waals surface area contributed by atoms with Crippen LogP contribution in [0.5, 0.6) is 0 Å². The van der Waals surface area contributed by atoms with Crippen LogP contribution < -0.4 is 33.0 Å². The lowest BCUT2D eigenvalue weighted by Crippen LogP contribution is -2.53. The fourth-order valence-electron chi connectivity index (χ4n) is 4.17. The van der Waals surface area contributed by atoms with Crippen molar-refractivity contribution in [3.8, 4) is 0 Å². The van der Waals surface area contributed by atoms with Crippen LogP contribution in [0.2, 0.25) is 0 Å². The molecule has 2 aromatic rings. The summed E-state index contributed by atoms with van der Waals surface area (Å²) < 4.78 is 0. The normalized spacial score (nSPS) is 14.4. The van der Waals surface area contributed by atoms with Gasteiger partial charge in [0.15, 0.2) is 17.3 Å². The molecule has 5 atom stereocenters. The Kier molecular flexibility index (Phi) is 15.7. The number of aldehydes is 1. The van der Waals surface area contributed by atoms with Crippen LogP contribution in [0, 0.1) is 0 Å². The van der Waals surface area contributed by atoms with Gasteiger partial charge < -0.3 is 32.0 Å². The van der Waals surface area contributed by atoms with Gasteiger partial charge in [-0.1, -0.05) is 60.7 Å². The molecule has 13 heteroatoms. The second-order valence-corrected chi connectivity index (χ2v) is 10.5. The Bertz CT molecular complexity index is 1240. The number of carbonyl (C=O) groups excluding carboxylic acids is 6. The molecule has 0 aliphatic heterocycles. The second-order valence-electron chi connectivity index (χ2n) is 10.5. The lowest BCUT2D eigenvalue weighted by atomic mass is 9.97. The molecule has 44 heavy (non-hydrogen) atoms. The van der Waals surface area contributed by atoms with E-state index < -0.39 is 72.4 Å². The summed E-state index contributed by atoms with van der Waals surface area (Å²) in [5.74, 6) is -2.53. The van der Waals surface area contributed by atoms with E-state index in [1.807, 2.05) is 36.4 Å². The number of Topliss-reactive ketones (excluding diaryl/α,β-unsaturated/α-hetero) is 3. The van der Waals surface area contributed by atoms with Crippen molar-refractivity contribution in [3.05, 3.63) is 71.8 Å². The molecule has 0 aromatic heterocycles. The van der Waals surface area contributed by atoms with Crippen molar-refractivity contribution in [1.82, 2.24) is 21.5 Å². The summed E-state index contributed by atoms with van der Waals surface area (Å²) in [6, 6.07) is 13.4. The molecular weight excluding hydrogens is 568 g/mol. The first-order valence-corrected chi connectivity index (χ1v) is 14.3. The maximum atomic E-state index is 13.2. The summed E-state index contributed by atoms with van der Waals surface area (Å²) in [7, 11) is 0. The van der Waals surface area contributed by atoms with Crippen molar-refractivity contribution in [3.63, 3.8) is 0 Å². The Morgan fingerprint density at radius 3 is 1.93 bits per heavy atom. The third kappa shape index (κ3) is 13.0. The minimum Gasteiger partial charge on any atom is -0.394 e. The Morgan fingerprint density at radius 1 is 0.841 bits per heavy atom. The number of hydrogen-bond acceptors (Lipinski definition) is 11. The van der Waals surface area contributed by atoms with E-state index in [2.05, 4.69) is 21.5 Å². The molecule has 2 aromatic carbocycles. The van der Waals surface area contributed by atoms with E-state index in [4.69, 9.17) is 11.5 Å². The molecule has 9 N–H and O–H groups in total. The van der Waals surface area contributed by atoms with Crippen LogP contribution >= 0.6 is 0 Å². The molecule has 2 rings (SSSR count). The predicted octanol–water partition coefficient (Wildman–Crippen LogP) is -1.35. The monoisotopic (exact) mass is 610 g/mol. The fourth-order valence-corrected chi connectivity index (χ4v) is 4.17. The zero-order valence-electron chi connectivity index (χ0n) is 24.7. The van der Waals surface area contributed by atoms with Gasteiger partial charge in [-0.05, 0) is 37.3 Å². The molecule has 0 spiro atoms. The van der Waals surface area contributed by atoms with Crippen molar-refractivity contribution in [2.45, 2.75) is 69.2 Å². The molecule has 0 heterocycles. The van der Waals surface area contributed by atoms with Crippen molar-refractivity contribution >= 4 is 35.5 Å². The third-order valence-corrected chi connectivity index (χ3v) is 6.92. The van der Waals surface area contributed by atoms with Crippen LogP contribution in [-0.2, 0) is 41.6 Å². The third-order valence-electron chi connectivity index (χ3n) is 6.92. The van der Waals surface area contributed by atoms with E-state index in [-0.39, 0.29) is 32.2 Å². The molecule has 0 aliphatic rings. The number of benzene rings is 2. The maximum Gasteiger partial charge on any atom is 0.237 e. The zero-order valence-corrected chi connectivity index (χ0v) is 24.7. The highest BCUT2D eigenvalue weighted by molar-refractivity contribution is 6.03. The van der Waals surface area contributed by atoms with E-state index >= 15 is 0 Å². The van der Waals surface area contributed by atoms with Crippen molar-refractivity contribution in [2.75, 3.05) is 13.2 Å². The van der Waals surface area contributed by atoms with Crippen molar-refractivity contribution in [1.29, 1.82) is 0 Å². The first-order chi connectivity index (χ1) is 21.0. The van der Waals surface area contributed by atoms with Crippen LogP contribution in [0.3, 0.4) is 0 Å². The minimum absolute atomic E-state index is 0.0245. The summed E-state index contributed by atoms with van der Waals surface area (Å²) in [6.07, 6.45) is 0.372. The number of nitrogens with one attached hydrogen (secondary N) is 4. The molecule has 0 aliphatic carbocycles. The van der Waals surface area contributed by atoms with Gasteiger partial charge in [-0.25, -0.2) is 10.9 Å². The number of aliphatic hydroxyl groups is 1. The predicted molar refractivity (Wildman–Crippen MR) is 163 cm³/mol. The molecule has 238 valence electrons. The number of hydrogen-bond donors (Lipinski definition) is 7. The van der Waals surface area contributed by atoms with Gasteiger partial charge >= 0.3 is 0 Å². The Morgan fingerprint density at radius 2 is 1.41 bits per heavy atom. The van der Waals surface area contributed by atoms with Gasteiger partial charge in [0, 0.05) is 6.42 Å². The Balaban J connectivity index is 2.02. The molecule has 0 radical (unpaired) electrons. The highest BCUT2D eigenvalue weighted by Crippen LogP contribution is 2.08. The molecule has 0 unspecified atom stereocenters. The van der Waals surface area contributed by atoms with Gasteiger partial charge in [-0.3, -0.25) is 24.0 Å². The number of nitrogens with two attached hydrogens (primary N) is 2. The molecule has 0 saturated heterocycles. The van der Waals surface area contributed by atoms with E-state index in [0.717, 1.165) is 11.1 Å². The van der Waals surface area contributed by atoms with Gasteiger partial charge in [-0.15, -0.1) is 0 Å². The fraction of sp³-hybridized carbons (Fsp3) is 0.419. The number of rotatable bonds is 22. The minimum atomic E-state index is -1.04. The van der Waals surface area contributed by atoms with Crippen LogP contribution in [-0.4, -0.2) is 83.9 Å². The second kappa shape index (κ2) is 19.2. The number of ketones is 3. The lowest BCUT2D eigenvalue weighted by Gasteiger charge is -2.22. The number of primary amides is 1. The van der Waals surface area contributed by atoms with Gasteiger partial charge in [0.2, 0.25) is 11.8 Å². The number of carbonyl (C=O) groups is 6. The van der Waals surface area contributed by atoms with Gasteiger partial charge in [0.25, 0.3) is 0 Å². The molecule has 0 fully saturated rings. The Labute approximate surface area is 256 Å². The van der Waals surface area contributed by atoms with E-state index in [1.54, 1.807) is 24.3 Å². The molecular formula is C31H42N6O7. The summed E-state index contributed by atoms with van der Waals surface area (Å²) in [5.41, 5.74) is 18.0. The molecule has 0 saturated carbocycles. The highest BCUT2D eigenvalue weighted by Gasteiger charge is 2.27. The van der Waals surface area contributed by atoms with Crippen molar-refractivity contribution < 1.29 is 33.9 Å². The SMILES string of the molecule is C[C@H](NCC(=O)[C@H](Cc1ccccc1)NC(=O)[C@@H](N)CCC(N)=O)C(=O)CC(=O)[C@H](Cc1ccccc1)NN[C@H](C=O)CO. The van der Waals surface area contributed by atoms with Crippen LogP contribution in [0.15, 0.2) is 60.7 Å². The van der Waals surface area contributed by atoms with Crippen LogP contribution in [0.25, 0.3) is 0 Å². The molecule has 13 nitrogen and oxygen atoms in total. The number of aliphatic hydroxyl groups excluding tert-OH is 1. The largest absolute Gasteiger partial charge is 0.394 e. The first-order valence-electron chi connectivity index (χ1n) is 14.3. The summed E-state index contributed by atoms with van der Waals surface area (Å²) in [5, 5.41) is 14.8. The topological polar surface area (TPSA) is 223 Å². The maximum absolute atomic E-state index is 13.2. The highest BCUT2D eigenvalue weighted by atomic mass is 16.3. The van der Waals surface area contributed by atoms with Gasteiger partial charge in [0.1, 0.15) is 6.29 Å². The van der Waals surface area contributed by atoms with Crippen LogP contribution in [0.1, 0.15) is 37.3 Å². The zero-order chi connectivity index (χ0) is 32.5. The van der Waals surface area contributed by atoms with Gasteiger partial charge in [-0.2, -0.15) is 0 Å². The molecule has 0 bridgehead atoms. The Hall–Kier alpha value is -4.14. The molecule has 2 amide bonds. The average molecular weight is 611 g/mol. The number of hydrazine groups is 1. The lowest BCUT2D eigenvalue weighted by molar-refractivity contribution is -0.130.